The molecule has 0 radical (unpaired) electrons. The Hall–Kier alpha value is -1.82. The van der Waals surface area contributed by atoms with E-state index in [1.807, 2.05) is 0 Å². The number of hydrogen-bond acceptors (Lipinski definition) is 3. The number of halogens is 3. The van der Waals surface area contributed by atoms with Gasteiger partial charge in [0.05, 0.1) is 20.5 Å². The van der Waals surface area contributed by atoms with Crippen molar-refractivity contribution in [1.82, 2.24) is 0 Å². The first-order chi connectivity index (χ1) is 9.90. The maximum absolute atomic E-state index is 12.1. The third-order valence-electron chi connectivity index (χ3n) is 2.60. The predicted octanol–water partition coefficient (Wildman–Crippen LogP) is 4.81. The zero-order valence-corrected chi connectivity index (χ0v) is 12.5. The number of nitrogens with one attached hydrogen (secondary N) is 1. The highest BCUT2D eigenvalue weighted by Gasteiger charge is 2.20. The van der Waals surface area contributed by atoms with Gasteiger partial charge < -0.3 is 5.32 Å². The minimum atomic E-state index is -0.654. The zero-order chi connectivity index (χ0) is 15.6. The summed E-state index contributed by atoms with van der Waals surface area (Å²) < 4.78 is 0. The summed E-state index contributed by atoms with van der Waals surface area (Å²) in [7, 11) is 0. The van der Waals surface area contributed by atoms with Crippen LogP contribution in [0.1, 0.15) is 10.4 Å². The van der Waals surface area contributed by atoms with Crippen LogP contribution >= 0.6 is 34.8 Å². The first-order valence-corrected chi connectivity index (χ1v) is 6.73. The van der Waals surface area contributed by atoms with Gasteiger partial charge in [0.15, 0.2) is 0 Å². The number of rotatable bonds is 3. The monoisotopic (exact) mass is 344 g/mol. The summed E-state index contributed by atoms with van der Waals surface area (Å²) in [6.07, 6.45) is 0. The number of amides is 1. The molecule has 0 aliphatic rings. The molecule has 0 spiro atoms. The molecule has 0 bridgehead atoms. The highest BCUT2D eigenvalue weighted by Crippen LogP contribution is 2.29. The first-order valence-electron chi connectivity index (χ1n) is 5.59. The standard InChI is InChI=1S/C13H7Cl3N2O3/c14-9-5-4-7(6-10(9)15)17-13(19)8-2-1-3-11(12(8)16)18(20)21/h1-6H,(H,17,19). The summed E-state index contributed by atoms with van der Waals surface area (Å²) in [6, 6.07) is 8.53. The van der Waals surface area contributed by atoms with Crippen LogP contribution in [0.2, 0.25) is 15.1 Å². The molecule has 1 N–H and O–H groups in total. The van der Waals surface area contributed by atoms with Gasteiger partial charge in [0.2, 0.25) is 0 Å². The van der Waals surface area contributed by atoms with Gasteiger partial charge in [0.1, 0.15) is 5.02 Å². The van der Waals surface area contributed by atoms with Gasteiger partial charge >= 0.3 is 0 Å². The predicted molar refractivity (Wildman–Crippen MR) is 82.5 cm³/mol. The second-order valence-electron chi connectivity index (χ2n) is 3.98. The lowest BCUT2D eigenvalue weighted by atomic mass is 10.2. The van der Waals surface area contributed by atoms with Crippen LogP contribution in [0.25, 0.3) is 0 Å². The molecule has 0 saturated heterocycles. The van der Waals surface area contributed by atoms with Gasteiger partial charge in [-0.1, -0.05) is 40.9 Å². The van der Waals surface area contributed by atoms with E-state index in [9.17, 15) is 14.9 Å². The molecule has 0 aromatic heterocycles. The molecular weight excluding hydrogens is 339 g/mol. The van der Waals surface area contributed by atoms with E-state index in [2.05, 4.69) is 5.32 Å². The lowest BCUT2D eigenvalue weighted by molar-refractivity contribution is -0.384. The van der Waals surface area contributed by atoms with Crippen LogP contribution in [0.3, 0.4) is 0 Å². The molecule has 1 amide bonds. The van der Waals surface area contributed by atoms with Crippen LogP contribution in [-0.2, 0) is 0 Å². The van der Waals surface area contributed by atoms with Crippen LogP contribution in [0, 0.1) is 10.1 Å². The Balaban J connectivity index is 2.30. The Labute approximate surface area is 134 Å². The van der Waals surface area contributed by atoms with Crippen molar-refractivity contribution in [3.63, 3.8) is 0 Å². The Morgan fingerprint density at radius 3 is 2.43 bits per heavy atom. The molecular formula is C13H7Cl3N2O3. The normalized spacial score (nSPS) is 10.2. The van der Waals surface area contributed by atoms with Crippen molar-refractivity contribution in [3.05, 3.63) is 67.1 Å². The fourth-order valence-electron chi connectivity index (χ4n) is 1.61. The van der Waals surface area contributed by atoms with E-state index in [0.717, 1.165) is 0 Å². The molecule has 0 aliphatic carbocycles. The average molecular weight is 346 g/mol. The number of nitro benzene ring substituents is 1. The molecule has 8 heteroatoms. The molecule has 2 rings (SSSR count). The van der Waals surface area contributed by atoms with Crippen molar-refractivity contribution in [1.29, 1.82) is 0 Å². The third-order valence-corrected chi connectivity index (χ3v) is 3.73. The molecule has 0 aliphatic heterocycles. The first kappa shape index (κ1) is 15.6. The summed E-state index contributed by atoms with van der Waals surface area (Å²) in [4.78, 5) is 22.3. The van der Waals surface area contributed by atoms with Gasteiger partial charge in [0, 0.05) is 11.8 Å². The number of carbonyl (C=O) groups excluding carboxylic acids is 1. The second kappa shape index (κ2) is 6.30. The van der Waals surface area contributed by atoms with Crippen LogP contribution < -0.4 is 5.32 Å². The van der Waals surface area contributed by atoms with E-state index in [-0.39, 0.29) is 21.3 Å². The summed E-state index contributed by atoms with van der Waals surface area (Å²) in [5, 5.41) is 13.7. The second-order valence-corrected chi connectivity index (χ2v) is 5.17. The lowest BCUT2D eigenvalue weighted by Gasteiger charge is -2.07. The molecule has 0 unspecified atom stereocenters. The maximum Gasteiger partial charge on any atom is 0.288 e. The van der Waals surface area contributed by atoms with Crippen molar-refractivity contribution >= 4 is 52.1 Å². The van der Waals surface area contributed by atoms with Crippen LogP contribution in [0.5, 0.6) is 0 Å². The minimum Gasteiger partial charge on any atom is -0.322 e. The average Bonchev–Trinajstić information content (AvgIpc) is 2.42. The third kappa shape index (κ3) is 3.44. The maximum atomic E-state index is 12.1. The van der Waals surface area contributed by atoms with Crippen LogP contribution in [0.4, 0.5) is 11.4 Å². The molecule has 108 valence electrons. The van der Waals surface area contributed by atoms with Crippen molar-refractivity contribution in [2.45, 2.75) is 0 Å². The highest BCUT2D eigenvalue weighted by atomic mass is 35.5. The topological polar surface area (TPSA) is 72.2 Å². The minimum absolute atomic E-state index is 0.00283. The fraction of sp³-hybridized carbons (Fsp3) is 0. The van der Waals surface area contributed by atoms with E-state index in [4.69, 9.17) is 34.8 Å². The molecule has 0 saturated carbocycles. The van der Waals surface area contributed by atoms with Gasteiger partial charge in [-0.05, 0) is 24.3 Å². The highest BCUT2D eigenvalue weighted by molar-refractivity contribution is 6.42. The molecule has 0 fully saturated rings. The number of hydrogen-bond donors (Lipinski definition) is 1. The molecule has 21 heavy (non-hydrogen) atoms. The number of benzene rings is 2. The number of anilines is 1. The molecule has 5 nitrogen and oxygen atoms in total. The van der Waals surface area contributed by atoms with E-state index in [1.54, 1.807) is 6.07 Å². The van der Waals surface area contributed by atoms with Crippen molar-refractivity contribution in [2.24, 2.45) is 0 Å². The van der Waals surface area contributed by atoms with Gasteiger partial charge in [-0.2, -0.15) is 0 Å². The lowest BCUT2D eigenvalue weighted by Crippen LogP contribution is -2.13. The summed E-state index contributed by atoms with van der Waals surface area (Å²) in [5.74, 6) is -0.581. The Morgan fingerprint density at radius 1 is 1.10 bits per heavy atom. The molecule has 2 aromatic rings. The Kier molecular flexibility index (Phi) is 4.67. The quantitative estimate of drug-likeness (QED) is 0.641. The Morgan fingerprint density at radius 2 is 1.81 bits per heavy atom. The number of nitrogens with zero attached hydrogens (tertiary/aromatic N) is 1. The van der Waals surface area contributed by atoms with E-state index < -0.39 is 10.8 Å². The number of nitro groups is 1. The van der Waals surface area contributed by atoms with Crippen molar-refractivity contribution in [2.75, 3.05) is 5.32 Å². The molecule has 0 heterocycles. The SMILES string of the molecule is O=C(Nc1ccc(Cl)c(Cl)c1)c1cccc([N+](=O)[O-])c1Cl. The molecule has 2 aromatic carbocycles. The Bertz CT molecular complexity index is 735. The largest absolute Gasteiger partial charge is 0.322 e. The summed E-state index contributed by atoms with van der Waals surface area (Å²) in [5.41, 5.74) is 0.0624. The van der Waals surface area contributed by atoms with Gasteiger partial charge in [-0.3, -0.25) is 14.9 Å². The van der Waals surface area contributed by atoms with Crippen molar-refractivity contribution in [3.8, 4) is 0 Å². The van der Waals surface area contributed by atoms with E-state index in [1.165, 1.54) is 30.3 Å². The molecule has 0 atom stereocenters. The van der Waals surface area contributed by atoms with Crippen LogP contribution in [0.15, 0.2) is 36.4 Å². The van der Waals surface area contributed by atoms with Crippen LogP contribution in [-0.4, -0.2) is 10.8 Å². The van der Waals surface area contributed by atoms with Gasteiger partial charge in [-0.15, -0.1) is 0 Å². The summed E-state index contributed by atoms with van der Waals surface area (Å²) >= 11 is 17.5. The smallest absolute Gasteiger partial charge is 0.288 e. The van der Waals surface area contributed by atoms with E-state index in [0.29, 0.717) is 10.7 Å². The van der Waals surface area contributed by atoms with Crippen molar-refractivity contribution < 1.29 is 9.72 Å². The van der Waals surface area contributed by atoms with E-state index >= 15 is 0 Å². The zero-order valence-electron chi connectivity index (χ0n) is 10.3. The number of carbonyl (C=O) groups is 1. The summed E-state index contributed by atoms with van der Waals surface area (Å²) in [6.45, 7) is 0. The fourth-order valence-corrected chi connectivity index (χ4v) is 2.19. The van der Waals surface area contributed by atoms with Gasteiger partial charge in [0.25, 0.3) is 11.6 Å². The van der Waals surface area contributed by atoms with Gasteiger partial charge in [-0.25, -0.2) is 0 Å².